The number of imide groups is 1. The first-order valence-corrected chi connectivity index (χ1v) is 8.01. The number of benzene rings is 2. The van der Waals surface area contributed by atoms with Crippen molar-refractivity contribution < 1.29 is 23.8 Å². The number of cyclic esters (lactones) is 1. The van der Waals surface area contributed by atoms with Gasteiger partial charge in [0.2, 0.25) is 5.91 Å². The molecule has 1 N–H and O–H groups in total. The highest BCUT2D eigenvalue weighted by molar-refractivity contribution is 5.97. The molecule has 0 radical (unpaired) electrons. The highest BCUT2D eigenvalue weighted by Crippen LogP contribution is 2.26. The zero-order valence-corrected chi connectivity index (χ0v) is 13.5. The van der Waals surface area contributed by atoms with E-state index in [0.29, 0.717) is 6.42 Å². The van der Waals surface area contributed by atoms with E-state index in [-0.39, 0.29) is 12.2 Å². The molecule has 1 heterocycles. The van der Waals surface area contributed by atoms with Crippen molar-refractivity contribution in [3.8, 4) is 0 Å². The lowest BCUT2D eigenvalue weighted by molar-refractivity contribution is -0.131. The van der Waals surface area contributed by atoms with E-state index in [0.717, 1.165) is 10.5 Å². The summed E-state index contributed by atoms with van der Waals surface area (Å²) < 4.78 is 19.0. The molecule has 0 unspecified atom stereocenters. The predicted molar refractivity (Wildman–Crippen MR) is 88.4 cm³/mol. The molecule has 0 spiro atoms. The maximum absolute atomic E-state index is 14.0. The lowest BCUT2D eigenvalue weighted by Crippen LogP contribution is -2.43. The third-order valence-corrected chi connectivity index (χ3v) is 4.27. The molecule has 25 heavy (non-hydrogen) atoms. The van der Waals surface area contributed by atoms with Crippen molar-refractivity contribution in [2.45, 2.75) is 18.4 Å². The Hall–Kier alpha value is -2.73. The van der Waals surface area contributed by atoms with Crippen molar-refractivity contribution in [3.63, 3.8) is 0 Å². The molecule has 0 bridgehead atoms. The fourth-order valence-corrected chi connectivity index (χ4v) is 3.00. The number of hydrogen-bond donors (Lipinski definition) is 1. The van der Waals surface area contributed by atoms with Crippen molar-refractivity contribution in [1.82, 2.24) is 4.90 Å². The van der Waals surface area contributed by atoms with Crippen LogP contribution in [0.4, 0.5) is 9.18 Å². The number of carbonyl (C=O) groups is 2. The average Bonchev–Trinajstić information content (AvgIpc) is 2.98. The first-order chi connectivity index (χ1) is 12.1. The van der Waals surface area contributed by atoms with Crippen molar-refractivity contribution in [3.05, 3.63) is 71.5 Å². The predicted octanol–water partition coefficient (Wildman–Crippen LogP) is 2.49. The van der Waals surface area contributed by atoms with Crippen LogP contribution >= 0.6 is 0 Å². The second kappa shape index (κ2) is 7.44. The second-order valence-electron chi connectivity index (χ2n) is 5.89. The molecule has 0 aromatic heterocycles. The molecule has 3 rings (SSSR count). The van der Waals surface area contributed by atoms with Gasteiger partial charge in [-0.3, -0.25) is 4.79 Å². The normalized spacial score (nSPS) is 18.1. The SMILES string of the molecule is O=C1OC[C@@H](Cc2ccccc2)N1C(=O)[C@H](CO)c1ccccc1F. The summed E-state index contributed by atoms with van der Waals surface area (Å²) in [5, 5.41) is 9.63. The van der Waals surface area contributed by atoms with Gasteiger partial charge in [0.05, 0.1) is 18.6 Å². The molecule has 1 fully saturated rings. The number of halogens is 1. The lowest BCUT2D eigenvalue weighted by atomic mass is 9.96. The summed E-state index contributed by atoms with van der Waals surface area (Å²) in [5.41, 5.74) is 1.02. The zero-order chi connectivity index (χ0) is 17.8. The molecule has 1 aliphatic rings. The molecular weight excluding hydrogens is 325 g/mol. The summed E-state index contributed by atoms with van der Waals surface area (Å²) in [6.45, 7) is -0.517. The van der Waals surface area contributed by atoms with Crippen molar-refractivity contribution in [2.24, 2.45) is 0 Å². The van der Waals surface area contributed by atoms with Gasteiger partial charge in [0, 0.05) is 5.56 Å². The maximum Gasteiger partial charge on any atom is 0.417 e. The third kappa shape index (κ3) is 3.53. The fraction of sp³-hybridized carbons (Fsp3) is 0.263. The van der Waals surface area contributed by atoms with Gasteiger partial charge < -0.3 is 9.84 Å². The number of carbonyl (C=O) groups excluding carboxylic acids is 2. The number of amides is 2. The van der Waals surface area contributed by atoms with Gasteiger partial charge in [0.15, 0.2) is 0 Å². The molecule has 2 aromatic carbocycles. The van der Waals surface area contributed by atoms with Crippen LogP contribution in [0.15, 0.2) is 54.6 Å². The monoisotopic (exact) mass is 343 g/mol. The summed E-state index contributed by atoms with van der Waals surface area (Å²) >= 11 is 0. The number of aliphatic hydroxyl groups is 1. The quantitative estimate of drug-likeness (QED) is 0.906. The Labute approximate surface area is 144 Å². The van der Waals surface area contributed by atoms with Crippen LogP contribution in [0.25, 0.3) is 0 Å². The molecule has 0 saturated carbocycles. The van der Waals surface area contributed by atoms with E-state index in [1.165, 1.54) is 18.2 Å². The van der Waals surface area contributed by atoms with E-state index < -0.39 is 36.4 Å². The maximum atomic E-state index is 14.0. The summed E-state index contributed by atoms with van der Waals surface area (Å²) in [6, 6.07) is 14.7. The zero-order valence-electron chi connectivity index (χ0n) is 13.5. The molecule has 6 heteroatoms. The minimum absolute atomic E-state index is 0.0631. The lowest BCUT2D eigenvalue weighted by Gasteiger charge is -2.24. The third-order valence-electron chi connectivity index (χ3n) is 4.27. The van der Waals surface area contributed by atoms with E-state index >= 15 is 0 Å². The minimum Gasteiger partial charge on any atom is -0.447 e. The highest BCUT2D eigenvalue weighted by atomic mass is 19.1. The molecular formula is C19H18FNO4. The van der Waals surface area contributed by atoms with Crippen molar-refractivity contribution in [2.75, 3.05) is 13.2 Å². The second-order valence-corrected chi connectivity index (χ2v) is 5.89. The summed E-state index contributed by atoms with van der Waals surface area (Å²) in [5.74, 6) is -2.40. The number of ether oxygens (including phenoxy) is 1. The van der Waals surface area contributed by atoms with Crippen molar-refractivity contribution in [1.29, 1.82) is 0 Å². The van der Waals surface area contributed by atoms with Gasteiger partial charge in [-0.1, -0.05) is 48.5 Å². The first-order valence-electron chi connectivity index (χ1n) is 8.01. The van der Waals surface area contributed by atoms with Gasteiger partial charge in [-0.25, -0.2) is 14.1 Å². The topological polar surface area (TPSA) is 66.8 Å². The van der Waals surface area contributed by atoms with Gasteiger partial charge in [-0.05, 0) is 18.1 Å². The Balaban J connectivity index is 1.85. The van der Waals surface area contributed by atoms with Crippen LogP contribution in [0.1, 0.15) is 17.0 Å². The fourth-order valence-electron chi connectivity index (χ4n) is 3.00. The molecule has 2 atom stereocenters. The summed E-state index contributed by atoms with van der Waals surface area (Å²) in [7, 11) is 0. The van der Waals surface area contributed by atoms with Gasteiger partial charge >= 0.3 is 6.09 Å². The van der Waals surface area contributed by atoms with E-state index in [4.69, 9.17) is 4.74 Å². The van der Waals surface area contributed by atoms with Gasteiger partial charge in [-0.2, -0.15) is 0 Å². The average molecular weight is 343 g/mol. The molecule has 2 amide bonds. The minimum atomic E-state index is -1.15. The first kappa shape index (κ1) is 17.1. The number of aliphatic hydroxyl groups excluding tert-OH is 1. The van der Waals surface area contributed by atoms with Crippen LogP contribution < -0.4 is 0 Å². The van der Waals surface area contributed by atoms with Gasteiger partial charge in [-0.15, -0.1) is 0 Å². The molecule has 130 valence electrons. The summed E-state index contributed by atoms with van der Waals surface area (Å²) in [6.07, 6.45) is -0.325. The Bertz CT molecular complexity index is 765. The molecule has 5 nitrogen and oxygen atoms in total. The Kier molecular flexibility index (Phi) is 5.09. The smallest absolute Gasteiger partial charge is 0.417 e. The van der Waals surface area contributed by atoms with Crippen LogP contribution in [-0.2, 0) is 16.0 Å². The van der Waals surface area contributed by atoms with E-state index in [1.54, 1.807) is 6.07 Å². The Morgan fingerprint density at radius 1 is 1.20 bits per heavy atom. The largest absolute Gasteiger partial charge is 0.447 e. The standard InChI is InChI=1S/C19H18FNO4/c20-17-9-5-4-8-15(17)16(11-22)18(23)21-14(12-25-19(21)24)10-13-6-2-1-3-7-13/h1-9,14,16,22H,10-12H2/t14-,16-/m1/s1. The van der Waals surface area contributed by atoms with Crippen LogP contribution in [-0.4, -0.2) is 41.3 Å². The van der Waals surface area contributed by atoms with E-state index in [1.807, 2.05) is 30.3 Å². The molecule has 2 aromatic rings. The molecule has 1 saturated heterocycles. The van der Waals surface area contributed by atoms with E-state index in [2.05, 4.69) is 0 Å². The number of rotatable bonds is 5. The van der Waals surface area contributed by atoms with Crippen LogP contribution in [0.5, 0.6) is 0 Å². The van der Waals surface area contributed by atoms with E-state index in [9.17, 15) is 19.1 Å². The highest BCUT2D eigenvalue weighted by Gasteiger charge is 2.41. The van der Waals surface area contributed by atoms with Crippen LogP contribution in [0.2, 0.25) is 0 Å². The van der Waals surface area contributed by atoms with Crippen LogP contribution in [0, 0.1) is 5.82 Å². The molecule has 0 aliphatic carbocycles. The van der Waals surface area contributed by atoms with Crippen molar-refractivity contribution >= 4 is 12.0 Å². The number of nitrogens with zero attached hydrogens (tertiary/aromatic N) is 1. The number of hydrogen-bond acceptors (Lipinski definition) is 4. The Morgan fingerprint density at radius 2 is 1.88 bits per heavy atom. The van der Waals surface area contributed by atoms with Gasteiger partial charge in [0.1, 0.15) is 12.4 Å². The molecule has 1 aliphatic heterocycles. The van der Waals surface area contributed by atoms with Gasteiger partial charge in [0.25, 0.3) is 0 Å². The Morgan fingerprint density at radius 3 is 2.56 bits per heavy atom. The summed E-state index contributed by atoms with van der Waals surface area (Å²) in [4.78, 5) is 25.9. The van der Waals surface area contributed by atoms with Crippen LogP contribution in [0.3, 0.4) is 0 Å².